The Hall–Kier alpha value is -2.08. The van der Waals surface area contributed by atoms with Crippen LogP contribution < -0.4 is 11.3 Å². The summed E-state index contributed by atoms with van der Waals surface area (Å²) in [6, 6.07) is 1.89. The number of fused-ring (bicyclic) bond motifs is 1. The van der Waals surface area contributed by atoms with Crippen molar-refractivity contribution in [2.75, 3.05) is 0 Å². The van der Waals surface area contributed by atoms with E-state index in [1.165, 1.54) is 24.2 Å². The lowest BCUT2D eigenvalue weighted by Crippen LogP contribution is -2.30. The lowest BCUT2D eigenvalue weighted by Gasteiger charge is -2.13. The maximum absolute atomic E-state index is 11.6. The Morgan fingerprint density at radius 3 is 2.95 bits per heavy atom. The monoisotopic (exact) mass is 288 g/mol. The van der Waals surface area contributed by atoms with Gasteiger partial charge in [0.25, 0.3) is 0 Å². The largest absolute Gasteiger partial charge is 0.454 e. The molecule has 0 unspecified atom stereocenters. The molecule has 0 radical (unpaired) electrons. The number of nitrogen functional groups attached to an aromatic ring is 1. The van der Waals surface area contributed by atoms with Gasteiger partial charge in [-0.05, 0) is 45.6 Å². The van der Waals surface area contributed by atoms with Gasteiger partial charge in [-0.1, -0.05) is 0 Å². The topological polar surface area (TPSA) is 86.1 Å². The molecule has 1 amide bonds. The van der Waals surface area contributed by atoms with Crippen LogP contribution in [0.2, 0.25) is 0 Å². The highest BCUT2D eigenvalue weighted by Crippen LogP contribution is 2.24. The Morgan fingerprint density at radius 1 is 1.43 bits per heavy atom. The van der Waals surface area contributed by atoms with Crippen molar-refractivity contribution in [1.29, 1.82) is 0 Å². The van der Waals surface area contributed by atoms with Gasteiger partial charge < -0.3 is 8.98 Å². The molecule has 0 aliphatic heterocycles. The lowest BCUT2D eigenvalue weighted by molar-refractivity contribution is 0.0923. The van der Waals surface area contributed by atoms with Crippen LogP contribution in [0.1, 0.15) is 51.9 Å². The fourth-order valence-electron chi connectivity index (χ4n) is 3.02. The van der Waals surface area contributed by atoms with Crippen molar-refractivity contribution in [3.8, 4) is 0 Å². The minimum absolute atomic E-state index is 0.277. The number of carbonyl (C=O) groups is 1. The molecule has 0 spiro atoms. The minimum atomic E-state index is -0.400. The molecule has 3 N–H and O–H groups in total. The molecule has 0 fully saturated rings. The van der Waals surface area contributed by atoms with Crippen LogP contribution >= 0.6 is 0 Å². The van der Waals surface area contributed by atoms with E-state index in [2.05, 4.69) is 15.0 Å². The molecule has 0 aromatic carbocycles. The van der Waals surface area contributed by atoms with E-state index in [9.17, 15) is 4.79 Å². The van der Waals surface area contributed by atoms with Crippen LogP contribution in [0.25, 0.3) is 0 Å². The average Bonchev–Trinajstić information content (AvgIpc) is 2.99. The number of nitrogens with one attached hydrogen (secondary N) is 1. The third-order valence-electron chi connectivity index (χ3n) is 4.04. The van der Waals surface area contributed by atoms with E-state index in [-0.39, 0.29) is 5.76 Å². The molecular weight excluding hydrogens is 268 g/mol. The molecular formula is C15H20N4O2. The number of aromatic nitrogens is 2. The number of hydrogen-bond donors (Lipinski definition) is 2. The smallest absolute Gasteiger partial charge is 0.301 e. The summed E-state index contributed by atoms with van der Waals surface area (Å²) < 4.78 is 7.84. The zero-order chi connectivity index (χ0) is 15.0. The second-order valence-electron chi connectivity index (χ2n) is 5.54. The van der Waals surface area contributed by atoms with E-state index in [0.29, 0.717) is 6.54 Å². The van der Waals surface area contributed by atoms with Crippen LogP contribution in [-0.2, 0) is 19.4 Å². The summed E-state index contributed by atoms with van der Waals surface area (Å²) in [7, 11) is 0. The second-order valence-corrected chi connectivity index (χ2v) is 5.54. The lowest BCUT2D eigenvalue weighted by atomic mass is 10.0. The van der Waals surface area contributed by atoms with Crippen LogP contribution in [0, 0.1) is 13.8 Å². The highest BCUT2D eigenvalue weighted by molar-refractivity contribution is 5.92. The fraction of sp³-hybridized carbons (Fsp3) is 0.467. The first-order valence-electron chi connectivity index (χ1n) is 7.25. The van der Waals surface area contributed by atoms with Gasteiger partial charge in [0, 0.05) is 11.3 Å². The summed E-state index contributed by atoms with van der Waals surface area (Å²) >= 11 is 0. The molecule has 2 heterocycles. The first-order valence-corrected chi connectivity index (χ1v) is 7.25. The molecule has 0 atom stereocenters. The van der Waals surface area contributed by atoms with Gasteiger partial charge in [0.05, 0.1) is 12.2 Å². The van der Waals surface area contributed by atoms with Crippen LogP contribution in [-0.4, -0.2) is 15.5 Å². The second kappa shape index (κ2) is 5.37. The Morgan fingerprint density at radius 2 is 2.19 bits per heavy atom. The van der Waals surface area contributed by atoms with Gasteiger partial charge in [0.2, 0.25) is 0 Å². The maximum atomic E-state index is 11.6. The number of nitrogens with two attached hydrogens (primary N) is 1. The number of furan rings is 1. The highest BCUT2D eigenvalue weighted by atomic mass is 16.4. The average molecular weight is 288 g/mol. The van der Waals surface area contributed by atoms with Crippen molar-refractivity contribution in [1.82, 2.24) is 15.0 Å². The van der Waals surface area contributed by atoms with Crippen molar-refractivity contribution in [2.24, 2.45) is 5.84 Å². The number of amides is 1. The molecule has 2 aromatic heterocycles. The molecule has 1 aliphatic carbocycles. The van der Waals surface area contributed by atoms with Gasteiger partial charge in [-0.2, -0.15) is 0 Å². The molecule has 3 rings (SSSR count). The van der Waals surface area contributed by atoms with Gasteiger partial charge in [-0.15, -0.1) is 0 Å². The number of nitrogens with zero attached hydrogens (tertiary/aromatic N) is 2. The molecule has 112 valence electrons. The predicted molar refractivity (Wildman–Crippen MR) is 77.8 cm³/mol. The fourth-order valence-corrected chi connectivity index (χ4v) is 3.02. The number of hydrazine groups is 1. The molecule has 6 heteroatoms. The quantitative estimate of drug-likeness (QED) is 0.510. The number of rotatable bonds is 3. The van der Waals surface area contributed by atoms with Gasteiger partial charge in [0.1, 0.15) is 11.6 Å². The maximum Gasteiger partial charge on any atom is 0.301 e. The summed E-state index contributed by atoms with van der Waals surface area (Å²) in [6.07, 6.45) is 4.54. The van der Waals surface area contributed by atoms with Gasteiger partial charge in [-0.25, -0.2) is 10.8 Å². The molecule has 21 heavy (non-hydrogen) atoms. The standard InChI is InChI=1S/C15H20N4O2/c1-9-7-11(21-14(9)15(20)18-16)8-19-10(2)17-12-5-3-4-6-13(12)19/h7H,3-6,8,16H2,1-2H3,(H,18,20). The van der Waals surface area contributed by atoms with Crippen LogP contribution in [0.15, 0.2) is 10.5 Å². The van der Waals surface area contributed by atoms with Crippen molar-refractivity contribution in [3.63, 3.8) is 0 Å². The SMILES string of the molecule is Cc1cc(Cn2c(C)nc3c2CCCC3)oc1C(=O)NN. The van der Waals surface area contributed by atoms with E-state index < -0.39 is 5.91 Å². The van der Waals surface area contributed by atoms with Crippen molar-refractivity contribution in [3.05, 3.63) is 40.4 Å². The Labute approximate surface area is 123 Å². The molecule has 6 nitrogen and oxygen atoms in total. The molecule has 0 saturated heterocycles. The van der Waals surface area contributed by atoms with Crippen molar-refractivity contribution in [2.45, 2.75) is 46.1 Å². The molecule has 0 saturated carbocycles. The highest BCUT2D eigenvalue weighted by Gasteiger charge is 2.20. The van der Waals surface area contributed by atoms with E-state index >= 15 is 0 Å². The summed E-state index contributed by atoms with van der Waals surface area (Å²) in [4.78, 5) is 16.3. The number of carbonyl (C=O) groups excluding carboxylic acids is 1. The predicted octanol–water partition coefficient (Wildman–Crippen LogP) is 1.62. The van der Waals surface area contributed by atoms with E-state index in [0.717, 1.165) is 30.0 Å². The van der Waals surface area contributed by atoms with Crippen LogP contribution in [0.5, 0.6) is 0 Å². The molecule has 2 aromatic rings. The summed E-state index contributed by atoms with van der Waals surface area (Å²) in [5.74, 6) is 6.79. The minimum Gasteiger partial charge on any atom is -0.454 e. The zero-order valence-corrected chi connectivity index (χ0v) is 12.4. The Kier molecular flexibility index (Phi) is 3.55. The van der Waals surface area contributed by atoms with Crippen molar-refractivity contribution < 1.29 is 9.21 Å². The summed E-state index contributed by atoms with van der Waals surface area (Å²) in [5, 5.41) is 0. The van der Waals surface area contributed by atoms with Crippen LogP contribution in [0.4, 0.5) is 0 Å². The van der Waals surface area contributed by atoms with Crippen molar-refractivity contribution >= 4 is 5.91 Å². The van der Waals surface area contributed by atoms with Crippen LogP contribution in [0.3, 0.4) is 0 Å². The zero-order valence-electron chi connectivity index (χ0n) is 12.4. The molecule has 0 bridgehead atoms. The van der Waals surface area contributed by atoms with Gasteiger partial charge in [0.15, 0.2) is 5.76 Å². The first-order chi connectivity index (χ1) is 10.1. The summed E-state index contributed by atoms with van der Waals surface area (Å²) in [5.41, 5.74) is 5.41. The normalized spacial score (nSPS) is 14.0. The number of hydrogen-bond acceptors (Lipinski definition) is 4. The molecule has 1 aliphatic rings. The third kappa shape index (κ3) is 2.47. The number of imidazole rings is 1. The third-order valence-corrected chi connectivity index (χ3v) is 4.04. The summed E-state index contributed by atoms with van der Waals surface area (Å²) in [6.45, 7) is 4.46. The first kappa shape index (κ1) is 13.9. The van der Waals surface area contributed by atoms with Gasteiger partial charge in [-0.3, -0.25) is 10.2 Å². The Bertz CT molecular complexity index is 684. The van der Waals surface area contributed by atoms with E-state index in [4.69, 9.17) is 10.3 Å². The Balaban J connectivity index is 1.91. The van der Waals surface area contributed by atoms with Gasteiger partial charge >= 0.3 is 5.91 Å². The van der Waals surface area contributed by atoms with E-state index in [1.54, 1.807) is 0 Å². The number of aryl methyl sites for hydroxylation is 3. The van der Waals surface area contributed by atoms with E-state index in [1.807, 2.05) is 19.9 Å².